The third-order valence-corrected chi connectivity index (χ3v) is 20.4. The molecule has 458 valence electrons. The normalized spacial score (nSPS) is 23.6. The molecule has 2 spiro atoms. The number of anilines is 3. The van der Waals surface area contributed by atoms with Gasteiger partial charge in [0.2, 0.25) is 29.4 Å². The topological polar surface area (TPSA) is 201 Å². The number of nitrogens with zero attached hydrogens (tertiary/aromatic N) is 9. The summed E-state index contributed by atoms with van der Waals surface area (Å²) in [4.78, 5) is 94.3. The Bertz CT molecular complexity index is 3070. The van der Waals surface area contributed by atoms with E-state index in [4.69, 9.17) is 14.7 Å². The maximum atomic E-state index is 15.8. The van der Waals surface area contributed by atoms with Gasteiger partial charge < -0.3 is 45.6 Å². The number of ketones is 1. The van der Waals surface area contributed by atoms with Crippen LogP contribution in [0.3, 0.4) is 0 Å². The van der Waals surface area contributed by atoms with E-state index in [0.717, 1.165) is 122 Å². The van der Waals surface area contributed by atoms with Crippen molar-refractivity contribution in [3.63, 3.8) is 0 Å². The molecular weight excluding hydrogens is 1100 g/mol. The Morgan fingerprint density at radius 2 is 1.55 bits per heavy atom. The Morgan fingerprint density at radius 1 is 0.812 bits per heavy atom. The summed E-state index contributed by atoms with van der Waals surface area (Å²) in [6, 6.07) is 10.3. The second-order valence-electron chi connectivity index (χ2n) is 26.1. The molecule has 4 N–H and O–H groups in total. The lowest BCUT2D eigenvalue weighted by molar-refractivity contribution is -0.139. The second-order valence-corrected chi connectivity index (χ2v) is 27.0. The van der Waals surface area contributed by atoms with Crippen LogP contribution in [0.2, 0.25) is 0 Å². The lowest BCUT2D eigenvalue weighted by Crippen LogP contribution is -2.66. The van der Waals surface area contributed by atoms with E-state index in [1.807, 2.05) is 11.0 Å². The molecule has 19 nitrogen and oxygen atoms in total. The van der Waals surface area contributed by atoms with Crippen LogP contribution in [0.25, 0.3) is 0 Å². The van der Waals surface area contributed by atoms with Crippen molar-refractivity contribution >= 4 is 58.1 Å². The van der Waals surface area contributed by atoms with Crippen molar-refractivity contribution in [2.24, 2.45) is 16.7 Å². The Labute approximate surface area is 502 Å². The summed E-state index contributed by atoms with van der Waals surface area (Å²) in [5.41, 5.74) is 0.915. The van der Waals surface area contributed by atoms with Gasteiger partial charge in [0.05, 0.1) is 42.9 Å². The van der Waals surface area contributed by atoms with Crippen molar-refractivity contribution in [2.45, 2.75) is 134 Å². The summed E-state index contributed by atoms with van der Waals surface area (Å²) in [7, 11) is 1.73. The average Bonchev–Trinajstić information content (AvgIpc) is 2.81. The molecule has 0 bridgehead atoms. The Morgan fingerprint density at radius 3 is 2.33 bits per heavy atom. The number of carbonyl (C=O) groups is 5. The van der Waals surface area contributed by atoms with Gasteiger partial charge in [-0.3, -0.25) is 33.8 Å². The molecule has 0 unspecified atom stereocenters. The predicted molar refractivity (Wildman–Crippen MR) is 323 cm³/mol. The van der Waals surface area contributed by atoms with E-state index in [2.05, 4.69) is 59.7 Å². The van der Waals surface area contributed by atoms with E-state index >= 15 is 8.78 Å². The first kappa shape index (κ1) is 60.3. The number of likely N-dealkylation sites (N-methyl/N-ethyl adjacent to an activating group) is 1. The minimum atomic E-state index is -0.600. The molecule has 4 atom stereocenters. The Hall–Kier alpha value is -6.36. The number of hydrogen-bond donors (Lipinski definition) is 4. The highest BCUT2D eigenvalue weighted by Gasteiger charge is 2.46. The first-order valence-corrected chi connectivity index (χ1v) is 31.9. The molecule has 4 aromatic rings. The summed E-state index contributed by atoms with van der Waals surface area (Å²) in [5, 5.41) is 14.8. The standard InChI is InChI=1S/C63H85F2N13O6S/c1-42(66-4)58(82)71-56(43-10-6-5-7-11-43)60(83)78-22-9-14-50(78)59-70-49(37-85-59)57(81)44-12-8-13-46(30-44)84-29-21-67-54(79)35-74-25-17-62(38-74)18-26-76(39-62)53-33-52(68-41-69-53)75-27-19-63(20-28-75)40-77(36-55(80)72-63)51-32-47(64)45(31-48(51)65)34-73-23-15-61(2,3)16-24-73/h8,12-13,30-33,37,41-43,50,56,66H,5-7,9-11,14-29,34-36,38-40H2,1-4H3,(H,67,79)(H,71,82)(H,72,80)/t42-,50-,56-,62-/m0/s1. The number of piperazine rings is 1. The Kier molecular flexibility index (Phi) is 18.4. The van der Waals surface area contributed by atoms with Crippen LogP contribution in [0.15, 0.2) is 54.2 Å². The van der Waals surface area contributed by atoms with E-state index in [-0.39, 0.29) is 77.6 Å². The number of rotatable bonds is 19. The molecule has 2 aromatic carbocycles. The number of amides is 4. The lowest BCUT2D eigenvalue weighted by Gasteiger charge is -2.48. The molecule has 0 radical (unpaired) electrons. The molecule has 1 aliphatic carbocycles. The third kappa shape index (κ3) is 14.1. The number of carbonyl (C=O) groups excluding carboxylic acids is 5. The van der Waals surface area contributed by atoms with E-state index < -0.39 is 29.3 Å². The summed E-state index contributed by atoms with van der Waals surface area (Å²) >= 11 is 1.38. The molecule has 6 aliphatic heterocycles. The van der Waals surface area contributed by atoms with Gasteiger partial charge in [0, 0.05) is 86.4 Å². The van der Waals surface area contributed by atoms with E-state index in [1.165, 1.54) is 23.5 Å². The fourth-order valence-corrected chi connectivity index (χ4v) is 15.1. The fraction of sp³-hybridized carbons (Fsp3) is 0.619. The number of halogens is 2. The molecular formula is C63H85F2N13O6S. The van der Waals surface area contributed by atoms with Gasteiger partial charge in [-0.2, -0.15) is 0 Å². The minimum absolute atomic E-state index is 0.0334. The zero-order chi connectivity index (χ0) is 59.5. The van der Waals surface area contributed by atoms with Gasteiger partial charge in [0.25, 0.3) is 0 Å². The zero-order valence-corrected chi connectivity index (χ0v) is 50.8. The molecule has 1 saturated carbocycles. The van der Waals surface area contributed by atoms with Crippen LogP contribution in [-0.4, -0.2) is 175 Å². The second kappa shape index (κ2) is 25.9. The van der Waals surface area contributed by atoms with Crippen LogP contribution in [-0.2, 0) is 25.7 Å². The van der Waals surface area contributed by atoms with Crippen molar-refractivity contribution in [1.29, 1.82) is 0 Å². The molecule has 85 heavy (non-hydrogen) atoms. The number of aromatic nitrogens is 3. The van der Waals surface area contributed by atoms with Gasteiger partial charge in [-0.1, -0.05) is 45.2 Å². The number of piperidine rings is 2. The van der Waals surface area contributed by atoms with Gasteiger partial charge in [-0.25, -0.2) is 23.7 Å². The quantitative estimate of drug-likeness (QED) is 0.0588. The van der Waals surface area contributed by atoms with Crippen LogP contribution in [0, 0.1) is 28.4 Å². The molecule has 11 rings (SSSR count). The predicted octanol–water partition coefficient (Wildman–Crippen LogP) is 6.47. The maximum Gasteiger partial charge on any atom is 0.246 e. The third-order valence-electron chi connectivity index (χ3n) is 19.5. The van der Waals surface area contributed by atoms with Crippen molar-refractivity contribution in [2.75, 3.05) is 113 Å². The van der Waals surface area contributed by atoms with Crippen molar-refractivity contribution < 1.29 is 37.5 Å². The number of ether oxygens (including phenoxy) is 1. The molecule has 4 amide bonds. The summed E-state index contributed by atoms with van der Waals surface area (Å²) < 4.78 is 37.5. The van der Waals surface area contributed by atoms with Crippen LogP contribution in [0.4, 0.5) is 26.1 Å². The van der Waals surface area contributed by atoms with E-state index in [1.54, 1.807) is 54.8 Å². The van der Waals surface area contributed by atoms with E-state index in [0.29, 0.717) is 79.7 Å². The van der Waals surface area contributed by atoms with Gasteiger partial charge >= 0.3 is 0 Å². The van der Waals surface area contributed by atoms with Crippen LogP contribution in [0.5, 0.6) is 5.75 Å². The monoisotopic (exact) mass is 1190 g/mol. The number of thiazole rings is 1. The maximum absolute atomic E-state index is 15.8. The lowest BCUT2D eigenvalue weighted by atomic mass is 9.82. The SMILES string of the molecule is CN[C@@H](C)C(=O)N[C@H](C(=O)N1CCC[C@H]1c1nc(C(=O)c2cccc(OCCNC(=O)CN3CC[C@]4(CCN(c5cc(N6CCC7(CC6)CN(c6cc(F)c(CN8CCC(C)(C)CC8)cc6F)CC(=O)N7)ncn5)C4)C3)c2)cs1)C1CCCCC1. The minimum Gasteiger partial charge on any atom is -0.492 e. The van der Waals surface area contributed by atoms with Gasteiger partial charge in [-0.05, 0) is 127 Å². The molecule has 22 heteroatoms. The summed E-state index contributed by atoms with van der Waals surface area (Å²) in [6.45, 7) is 14.6. The molecule has 6 saturated heterocycles. The number of hydrogen-bond acceptors (Lipinski definition) is 16. The van der Waals surface area contributed by atoms with Gasteiger partial charge in [0.1, 0.15) is 58.7 Å². The molecule has 7 aliphatic rings. The molecule has 7 fully saturated rings. The number of benzene rings is 2. The summed E-state index contributed by atoms with van der Waals surface area (Å²) in [6.07, 6.45) is 13.4. The van der Waals surface area contributed by atoms with Crippen molar-refractivity contribution in [3.8, 4) is 5.75 Å². The average molecular weight is 1190 g/mol. The van der Waals surface area contributed by atoms with Crippen LogP contribution < -0.4 is 40.7 Å². The molecule has 2 aromatic heterocycles. The van der Waals surface area contributed by atoms with Crippen molar-refractivity contribution in [3.05, 3.63) is 87.6 Å². The highest BCUT2D eigenvalue weighted by molar-refractivity contribution is 7.10. The van der Waals surface area contributed by atoms with Crippen LogP contribution >= 0.6 is 11.3 Å². The summed E-state index contributed by atoms with van der Waals surface area (Å²) in [5.74, 6) is 0.523. The zero-order valence-electron chi connectivity index (χ0n) is 49.9. The van der Waals surface area contributed by atoms with Gasteiger partial charge in [-0.15, -0.1) is 11.3 Å². The number of nitrogens with one attached hydrogen (secondary N) is 4. The molecule has 8 heterocycles. The Balaban J connectivity index is 0.614. The smallest absolute Gasteiger partial charge is 0.246 e. The number of likely N-dealkylation sites (tertiary alicyclic amines) is 3. The first-order valence-electron chi connectivity index (χ1n) is 31.0. The highest BCUT2D eigenvalue weighted by Crippen LogP contribution is 2.42. The first-order chi connectivity index (χ1) is 40.9. The van der Waals surface area contributed by atoms with Crippen molar-refractivity contribution in [1.82, 2.24) is 50.9 Å². The fourth-order valence-electron chi connectivity index (χ4n) is 14.2. The van der Waals surface area contributed by atoms with E-state index in [9.17, 15) is 24.0 Å². The van der Waals surface area contributed by atoms with Crippen LogP contribution in [0.1, 0.15) is 137 Å². The largest absolute Gasteiger partial charge is 0.492 e. The van der Waals surface area contributed by atoms with Gasteiger partial charge in [0.15, 0.2) is 0 Å². The highest BCUT2D eigenvalue weighted by atomic mass is 32.1.